The Hall–Kier alpha value is -1.84. The lowest BCUT2D eigenvalue weighted by Gasteiger charge is -2.54. The molecule has 3 unspecified atom stereocenters. The van der Waals surface area contributed by atoms with E-state index in [1.165, 1.54) is 0 Å². The summed E-state index contributed by atoms with van der Waals surface area (Å²) in [5.74, 6) is -0.271. The number of ether oxygens (including phenoxy) is 2. The van der Waals surface area contributed by atoms with E-state index >= 15 is 0 Å². The van der Waals surface area contributed by atoms with Crippen molar-refractivity contribution < 1.29 is 19.1 Å². The molecule has 0 saturated heterocycles. The van der Waals surface area contributed by atoms with Crippen LogP contribution in [0.3, 0.4) is 0 Å². The van der Waals surface area contributed by atoms with Crippen molar-refractivity contribution in [3.05, 3.63) is 35.4 Å². The van der Waals surface area contributed by atoms with Crippen LogP contribution in [0.1, 0.15) is 52.8 Å². The fourth-order valence-corrected chi connectivity index (χ4v) is 3.77. The first-order valence-corrected chi connectivity index (χ1v) is 7.23. The van der Waals surface area contributed by atoms with Gasteiger partial charge in [-0.3, -0.25) is 0 Å². The second-order valence-electron chi connectivity index (χ2n) is 5.98. The molecule has 2 saturated carbocycles. The second kappa shape index (κ2) is 4.08. The number of esters is 2. The fourth-order valence-electron chi connectivity index (χ4n) is 3.77. The van der Waals surface area contributed by atoms with E-state index in [1.54, 1.807) is 24.3 Å². The van der Waals surface area contributed by atoms with Crippen molar-refractivity contribution in [1.29, 1.82) is 0 Å². The summed E-state index contributed by atoms with van der Waals surface area (Å²) in [6.07, 6.45) is 4.43. The van der Waals surface area contributed by atoms with E-state index in [-0.39, 0.29) is 18.0 Å². The molecule has 2 aliphatic heterocycles. The van der Waals surface area contributed by atoms with Gasteiger partial charge in [-0.2, -0.15) is 0 Å². The van der Waals surface area contributed by atoms with Gasteiger partial charge < -0.3 is 9.47 Å². The third-order valence-corrected chi connectivity index (χ3v) is 5.03. The Bertz CT molecular complexity index is 577. The zero-order chi connectivity index (χ0) is 13.7. The Morgan fingerprint density at radius 1 is 0.950 bits per heavy atom. The summed E-state index contributed by atoms with van der Waals surface area (Å²) in [7, 11) is 0. The molecule has 0 aromatic heterocycles. The highest BCUT2D eigenvalue weighted by Crippen LogP contribution is 2.52. The highest BCUT2D eigenvalue weighted by Gasteiger charge is 2.59. The molecular formula is C16H16O4. The van der Waals surface area contributed by atoms with Gasteiger partial charge in [-0.05, 0) is 56.4 Å². The van der Waals surface area contributed by atoms with Crippen molar-refractivity contribution in [2.45, 2.75) is 43.8 Å². The first kappa shape index (κ1) is 11.9. The minimum Gasteiger partial charge on any atom is -0.455 e. The number of rotatable bonds is 0. The summed E-state index contributed by atoms with van der Waals surface area (Å²) in [6.45, 7) is 0. The predicted molar refractivity (Wildman–Crippen MR) is 70.4 cm³/mol. The van der Waals surface area contributed by atoms with Crippen LogP contribution in [0.5, 0.6) is 0 Å². The van der Waals surface area contributed by atoms with Gasteiger partial charge in [0.25, 0.3) is 0 Å². The average Bonchev–Trinajstić information content (AvgIpc) is 2.45. The van der Waals surface area contributed by atoms with Crippen LogP contribution in [0, 0.1) is 5.92 Å². The summed E-state index contributed by atoms with van der Waals surface area (Å²) >= 11 is 0. The van der Waals surface area contributed by atoms with Crippen LogP contribution in [0.25, 0.3) is 0 Å². The van der Waals surface area contributed by atoms with Crippen LogP contribution < -0.4 is 0 Å². The van der Waals surface area contributed by atoms with Crippen LogP contribution in [-0.2, 0) is 9.47 Å². The molecule has 0 amide bonds. The monoisotopic (exact) mass is 272 g/mol. The standard InChI is InChI=1S/C16H16O4/c17-14-10-4-6-11(7-5-10)15(18)20-16-9-8-12(16)2-1-3-13(16)19-14/h4-7,12-13H,1-3,8-9H2. The third-order valence-electron chi connectivity index (χ3n) is 5.03. The van der Waals surface area contributed by atoms with E-state index in [0.717, 1.165) is 32.1 Å². The second-order valence-corrected chi connectivity index (χ2v) is 5.98. The van der Waals surface area contributed by atoms with E-state index < -0.39 is 5.60 Å². The lowest BCUT2D eigenvalue weighted by Crippen LogP contribution is -2.62. The molecule has 2 heterocycles. The average molecular weight is 272 g/mol. The van der Waals surface area contributed by atoms with Crippen LogP contribution in [0.15, 0.2) is 24.3 Å². The Labute approximate surface area is 117 Å². The summed E-state index contributed by atoms with van der Waals surface area (Å²) in [6, 6.07) is 6.51. The minimum atomic E-state index is -0.572. The molecular weight excluding hydrogens is 256 g/mol. The smallest absolute Gasteiger partial charge is 0.338 e. The number of fused-ring (bicyclic) bond motifs is 4. The van der Waals surface area contributed by atoms with Gasteiger partial charge in [0.2, 0.25) is 0 Å². The maximum atomic E-state index is 12.3. The molecule has 1 aromatic rings. The topological polar surface area (TPSA) is 52.6 Å². The fraction of sp³-hybridized carbons (Fsp3) is 0.500. The molecule has 3 atom stereocenters. The summed E-state index contributed by atoms with van der Waals surface area (Å²) in [4.78, 5) is 24.5. The molecule has 5 rings (SSSR count). The van der Waals surface area contributed by atoms with Crippen molar-refractivity contribution in [3.63, 3.8) is 0 Å². The first-order chi connectivity index (χ1) is 9.69. The molecule has 104 valence electrons. The highest BCUT2D eigenvalue weighted by molar-refractivity contribution is 5.94. The quantitative estimate of drug-likeness (QED) is 0.681. The minimum absolute atomic E-state index is 0.291. The Kier molecular flexibility index (Phi) is 2.43. The van der Waals surface area contributed by atoms with Crippen LogP contribution in [0.2, 0.25) is 0 Å². The first-order valence-electron chi connectivity index (χ1n) is 7.23. The number of benzene rings is 1. The number of hydrogen-bond acceptors (Lipinski definition) is 4. The van der Waals surface area contributed by atoms with Gasteiger partial charge in [0.05, 0.1) is 11.1 Å². The van der Waals surface area contributed by atoms with Crippen LogP contribution in [0.4, 0.5) is 0 Å². The summed E-state index contributed by atoms with van der Waals surface area (Å²) < 4.78 is 11.5. The van der Waals surface area contributed by atoms with Crippen molar-refractivity contribution >= 4 is 11.9 Å². The van der Waals surface area contributed by atoms with Gasteiger partial charge in [0, 0.05) is 5.92 Å². The van der Waals surface area contributed by atoms with Gasteiger partial charge in [-0.25, -0.2) is 9.59 Å². The van der Waals surface area contributed by atoms with Gasteiger partial charge in [0.1, 0.15) is 6.10 Å². The van der Waals surface area contributed by atoms with Crippen LogP contribution >= 0.6 is 0 Å². The lowest BCUT2D eigenvalue weighted by atomic mass is 9.60. The number of carbonyl (C=O) groups excluding carboxylic acids is 2. The van der Waals surface area contributed by atoms with E-state index in [2.05, 4.69) is 0 Å². The zero-order valence-electron chi connectivity index (χ0n) is 11.1. The summed E-state index contributed by atoms with van der Waals surface area (Å²) in [5.41, 5.74) is 0.436. The third kappa shape index (κ3) is 1.54. The molecule has 1 aromatic carbocycles. The molecule has 2 bridgehead atoms. The molecule has 20 heavy (non-hydrogen) atoms. The van der Waals surface area contributed by atoms with E-state index in [9.17, 15) is 9.59 Å². The lowest BCUT2D eigenvalue weighted by molar-refractivity contribution is -0.192. The molecule has 2 fully saturated rings. The van der Waals surface area contributed by atoms with E-state index in [1.807, 2.05) is 0 Å². The SMILES string of the molecule is O=C1OC2CCCC3CCC32OC(=O)c2ccc1cc2. The van der Waals surface area contributed by atoms with Gasteiger partial charge in [-0.15, -0.1) is 0 Å². The highest BCUT2D eigenvalue weighted by atomic mass is 16.6. The largest absolute Gasteiger partial charge is 0.455 e. The zero-order valence-corrected chi connectivity index (χ0v) is 11.1. The van der Waals surface area contributed by atoms with Crippen molar-refractivity contribution in [1.82, 2.24) is 0 Å². The normalized spacial score (nSPS) is 35.2. The van der Waals surface area contributed by atoms with Crippen molar-refractivity contribution in [2.75, 3.05) is 0 Å². The molecule has 4 aliphatic rings. The Balaban J connectivity index is 1.79. The molecule has 2 aliphatic carbocycles. The molecule has 0 radical (unpaired) electrons. The van der Waals surface area contributed by atoms with Crippen LogP contribution in [-0.4, -0.2) is 23.6 Å². The van der Waals surface area contributed by atoms with Crippen molar-refractivity contribution in [2.24, 2.45) is 5.92 Å². The molecule has 4 nitrogen and oxygen atoms in total. The maximum absolute atomic E-state index is 12.3. The van der Waals surface area contributed by atoms with Gasteiger partial charge in [-0.1, -0.05) is 0 Å². The Morgan fingerprint density at radius 2 is 1.65 bits per heavy atom. The molecule has 1 spiro atoms. The summed E-state index contributed by atoms with van der Waals surface area (Å²) in [5, 5.41) is 0. The van der Waals surface area contributed by atoms with Crippen molar-refractivity contribution in [3.8, 4) is 0 Å². The number of hydrogen-bond donors (Lipinski definition) is 0. The van der Waals surface area contributed by atoms with E-state index in [0.29, 0.717) is 17.0 Å². The molecule has 0 N–H and O–H groups in total. The van der Waals surface area contributed by atoms with Gasteiger partial charge >= 0.3 is 11.9 Å². The Morgan fingerprint density at radius 3 is 2.30 bits per heavy atom. The number of carbonyl (C=O) groups is 2. The molecule has 4 heteroatoms. The van der Waals surface area contributed by atoms with E-state index in [4.69, 9.17) is 9.47 Å². The van der Waals surface area contributed by atoms with Gasteiger partial charge in [0.15, 0.2) is 5.60 Å². The maximum Gasteiger partial charge on any atom is 0.338 e. The predicted octanol–water partition coefficient (Wildman–Crippen LogP) is 2.72.